The van der Waals surface area contributed by atoms with Crippen LogP contribution in [0.5, 0.6) is 0 Å². The number of hydrogen-bond acceptors (Lipinski definition) is 3. The molecule has 1 aliphatic heterocycles. The van der Waals surface area contributed by atoms with Crippen LogP contribution >= 0.6 is 0 Å². The lowest BCUT2D eigenvalue weighted by molar-refractivity contribution is -0.148. The van der Waals surface area contributed by atoms with Gasteiger partial charge in [0.15, 0.2) is 0 Å². The normalized spacial score (nSPS) is 15.4. The Morgan fingerprint density at radius 2 is 0.580 bits per heavy atom. The first-order valence-corrected chi connectivity index (χ1v) is 36.3. The van der Waals surface area contributed by atoms with Crippen molar-refractivity contribution in [2.75, 3.05) is 20.3 Å². The SMILES string of the molecule is CC(C)C1CC(C(C)C)C1.CC(C)CC(O)CC(C)C.CC(C)CC1(C(C)C)CC1.CC(C)CC1(C(C)C)COC1.CCC.CCC.CCC.CCC.CCC.CCC.CCC.CCC.CCC.CCC.COC(CC(C)C)C(C)C. The highest BCUT2D eigenvalue weighted by Crippen LogP contribution is 2.56. The van der Waals surface area contributed by atoms with Crippen LogP contribution in [0.1, 0.15) is 399 Å². The van der Waals surface area contributed by atoms with Crippen LogP contribution in [-0.2, 0) is 9.47 Å². The van der Waals surface area contributed by atoms with Gasteiger partial charge in [0.2, 0.25) is 0 Å². The zero-order chi connectivity index (χ0) is 67.3. The van der Waals surface area contributed by atoms with Crippen molar-refractivity contribution in [3.63, 3.8) is 0 Å². The Morgan fingerprint density at radius 3 is 0.667 bits per heavy atom. The molecule has 510 valence electrons. The number of ether oxygens (including phenoxy) is 2. The van der Waals surface area contributed by atoms with Gasteiger partial charge in [-0.05, 0) is 134 Å². The quantitative estimate of drug-likeness (QED) is 0.167. The van der Waals surface area contributed by atoms with Gasteiger partial charge >= 0.3 is 0 Å². The second-order valence-corrected chi connectivity index (χ2v) is 28.3. The lowest BCUT2D eigenvalue weighted by Gasteiger charge is -2.46. The van der Waals surface area contributed by atoms with Gasteiger partial charge in [-0.3, -0.25) is 0 Å². The van der Waals surface area contributed by atoms with E-state index >= 15 is 0 Å². The van der Waals surface area contributed by atoms with Crippen LogP contribution in [0.15, 0.2) is 0 Å². The maximum absolute atomic E-state index is 9.39. The molecule has 0 bridgehead atoms. The van der Waals surface area contributed by atoms with Gasteiger partial charge < -0.3 is 14.6 Å². The van der Waals surface area contributed by atoms with Crippen molar-refractivity contribution >= 4 is 0 Å². The molecule has 1 atom stereocenters. The van der Waals surface area contributed by atoms with E-state index in [0.717, 1.165) is 84.7 Å². The maximum atomic E-state index is 9.39. The minimum absolute atomic E-state index is 0.0833. The minimum Gasteiger partial charge on any atom is -0.393 e. The zero-order valence-corrected chi connectivity index (χ0v) is 66.2. The molecule has 0 aromatic carbocycles. The van der Waals surface area contributed by atoms with E-state index in [1.54, 1.807) is 7.11 Å². The fourth-order valence-corrected chi connectivity index (χ4v) is 7.94. The molecule has 1 unspecified atom stereocenters. The lowest BCUT2D eigenvalue weighted by atomic mass is 9.65. The topological polar surface area (TPSA) is 38.7 Å². The summed E-state index contributed by atoms with van der Waals surface area (Å²) in [5.74, 6) is 9.96. The number of aliphatic hydroxyl groups is 1. The van der Waals surface area contributed by atoms with Gasteiger partial charge in [0, 0.05) is 12.5 Å². The van der Waals surface area contributed by atoms with E-state index in [9.17, 15) is 5.11 Å². The van der Waals surface area contributed by atoms with E-state index in [4.69, 9.17) is 9.47 Å². The molecule has 1 saturated heterocycles. The first kappa shape index (κ1) is 109. The van der Waals surface area contributed by atoms with E-state index in [-0.39, 0.29) is 6.10 Å². The highest BCUT2D eigenvalue weighted by atomic mass is 16.5. The molecule has 81 heavy (non-hydrogen) atoms. The predicted octanol–water partition coefficient (Wildman–Crippen LogP) is 28.8. The highest BCUT2D eigenvalue weighted by Gasteiger charge is 2.45. The third-order valence-corrected chi connectivity index (χ3v) is 12.1. The Bertz CT molecular complexity index is 890. The summed E-state index contributed by atoms with van der Waals surface area (Å²) in [6.07, 6.45) is 24.7. The molecule has 3 nitrogen and oxygen atoms in total. The van der Waals surface area contributed by atoms with E-state index in [2.05, 4.69) is 277 Å². The van der Waals surface area contributed by atoms with Crippen LogP contribution in [-0.4, -0.2) is 37.6 Å². The van der Waals surface area contributed by atoms with Crippen molar-refractivity contribution in [3.8, 4) is 0 Å². The van der Waals surface area contributed by atoms with Crippen LogP contribution in [0.25, 0.3) is 0 Å². The molecular weight excluding hydrogens is 985 g/mol. The largest absolute Gasteiger partial charge is 0.393 e. The lowest BCUT2D eigenvalue weighted by Crippen LogP contribution is -2.47. The van der Waals surface area contributed by atoms with E-state index in [1.165, 1.54) is 109 Å². The van der Waals surface area contributed by atoms with Gasteiger partial charge in [-0.15, -0.1) is 0 Å². The van der Waals surface area contributed by atoms with Crippen LogP contribution in [0.2, 0.25) is 0 Å². The summed E-state index contributed by atoms with van der Waals surface area (Å²) in [5.41, 5.74) is 1.29. The molecule has 3 heteroatoms. The Hall–Kier alpha value is -0.120. The summed E-state index contributed by atoms with van der Waals surface area (Å²) < 4.78 is 10.6. The fraction of sp³-hybridized carbons (Fsp3) is 1.00. The van der Waals surface area contributed by atoms with Crippen molar-refractivity contribution in [3.05, 3.63) is 0 Å². The van der Waals surface area contributed by atoms with Crippen LogP contribution < -0.4 is 0 Å². The molecule has 3 fully saturated rings. The van der Waals surface area contributed by atoms with Gasteiger partial charge in [0.25, 0.3) is 0 Å². The second-order valence-electron chi connectivity index (χ2n) is 28.3. The van der Waals surface area contributed by atoms with Gasteiger partial charge in [0.05, 0.1) is 25.4 Å². The molecule has 0 radical (unpaired) electrons. The third kappa shape index (κ3) is 102. The van der Waals surface area contributed by atoms with Crippen molar-refractivity contribution in [2.24, 2.45) is 81.8 Å². The first-order valence-electron chi connectivity index (χ1n) is 36.3. The Morgan fingerprint density at radius 1 is 0.358 bits per heavy atom. The molecule has 3 aliphatic rings. The molecule has 0 spiro atoms. The first-order chi connectivity index (χ1) is 37.5. The van der Waals surface area contributed by atoms with Crippen molar-refractivity contribution in [1.82, 2.24) is 0 Å². The minimum atomic E-state index is -0.0833. The maximum Gasteiger partial charge on any atom is 0.0596 e. The van der Waals surface area contributed by atoms with Gasteiger partial charge in [-0.25, -0.2) is 0 Å². The smallest absolute Gasteiger partial charge is 0.0596 e. The fourth-order valence-electron chi connectivity index (χ4n) is 7.94. The van der Waals surface area contributed by atoms with Crippen LogP contribution in [0, 0.1) is 81.8 Å². The average molecular weight is 1170 g/mol. The summed E-state index contributed by atoms with van der Waals surface area (Å²) in [6, 6.07) is 0. The molecule has 0 aromatic heterocycles. The molecule has 0 amide bonds. The van der Waals surface area contributed by atoms with Crippen LogP contribution in [0.4, 0.5) is 0 Å². The zero-order valence-electron chi connectivity index (χ0n) is 66.2. The van der Waals surface area contributed by atoms with Crippen molar-refractivity contribution in [1.29, 1.82) is 0 Å². The number of rotatable bonds is 16. The number of aliphatic hydroxyl groups excluding tert-OH is 1. The molecule has 1 N–H and O–H groups in total. The predicted molar refractivity (Wildman–Crippen MR) is 389 cm³/mol. The number of methoxy groups -OCH3 is 1. The molecule has 2 saturated carbocycles. The Balaban J connectivity index is -0.0000000655. The Kier molecular flexibility index (Phi) is 113. The average Bonchev–Trinajstić information content (AvgIpc) is 4.06. The van der Waals surface area contributed by atoms with Crippen molar-refractivity contribution < 1.29 is 14.6 Å². The standard InChI is InChI=1S/C10H20O.2C10H20.2C9H20O.10C3H8/c1-8(2)5-10(9(3)4)6-11-7-10;1-7(2)9-5-10(6-9)8(3)4;1-8(2)7-10(5-6-10)9(3)4;1-7(2)6-9(10-5)8(3)4;1-7(2)5-9(10)6-8(3)4;10*1-3-2/h8-9H,5-7H2,1-4H3;7-10H,5-6H2,1-4H3;8-9H,5-7H2,1-4H3;7-9H,6H2,1-5H3;7-10H,5-6H2,1-4H3;10*3H2,1-2H3. The van der Waals surface area contributed by atoms with Gasteiger partial charge in [-0.1, -0.05) is 341 Å². The number of hydrogen-bond donors (Lipinski definition) is 1. The summed E-state index contributed by atoms with van der Waals surface area (Å²) in [5, 5.41) is 9.39. The molecular formula is C78H180O3. The monoisotopic (exact) mass is 1170 g/mol. The summed E-state index contributed by atoms with van der Waals surface area (Å²) in [7, 11) is 1.80. The summed E-state index contributed by atoms with van der Waals surface area (Å²) in [4.78, 5) is 0. The van der Waals surface area contributed by atoms with Gasteiger partial charge in [-0.2, -0.15) is 0 Å². The summed E-state index contributed by atoms with van der Waals surface area (Å²) >= 11 is 0. The van der Waals surface area contributed by atoms with E-state index in [0.29, 0.717) is 29.3 Å². The van der Waals surface area contributed by atoms with Crippen LogP contribution in [0.3, 0.4) is 0 Å². The molecule has 2 aliphatic carbocycles. The summed E-state index contributed by atoms with van der Waals surface area (Å²) in [6.45, 7) is 89.9. The molecule has 0 aromatic rings. The molecule has 3 rings (SSSR count). The van der Waals surface area contributed by atoms with E-state index in [1.807, 2.05) is 0 Å². The second kappa shape index (κ2) is 84.1. The third-order valence-electron chi connectivity index (χ3n) is 12.1. The highest BCUT2D eigenvalue weighted by molar-refractivity contribution is 4.95. The molecule has 1 heterocycles. The van der Waals surface area contributed by atoms with E-state index < -0.39 is 0 Å². The van der Waals surface area contributed by atoms with Crippen molar-refractivity contribution in [2.45, 2.75) is 411 Å². The van der Waals surface area contributed by atoms with Gasteiger partial charge in [0.1, 0.15) is 0 Å². The Labute approximate surface area is 525 Å².